The number of hydrogen-bond donors (Lipinski definition) is 1. The van der Waals surface area contributed by atoms with Crippen LogP contribution in [0.3, 0.4) is 0 Å². The third kappa shape index (κ3) is 4.15. The molecule has 0 radical (unpaired) electrons. The van der Waals surface area contributed by atoms with Crippen LogP contribution in [-0.2, 0) is 6.42 Å². The SMILES string of the molecule is CCCc1ccc(C(=O)CC(C)(C)N)cc1. The molecule has 0 aliphatic rings. The van der Waals surface area contributed by atoms with Crippen LogP contribution in [0.25, 0.3) is 0 Å². The second-order valence-electron chi connectivity index (χ2n) is 5.04. The lowest BCUT2D eigenvalue weighted by Gasteiger charge is -2.17. The van der Waals surface area contributed by atoms with E-state index in [1.807, 2.05) is 38.1 Å². The maximum Gasteiger partial charge on any atom is 0.164 e. The summed E-state index contributed by atoms with van der Waals surface area (Å²) in [4.78, 5) is 11.8. The van der Waals surface area contributed by atoms with Crippen LogP contribution in [0.4, 0.5) is 0 Å². The Morgan fingerprint density at radius 3 is 2.25 bits per heavy atom. The molecule has 0 aromatic heterocycles. The molecular weight excluding hydrogens is 198 g/mol. The Kier molecular flexibility index (Phi) is 4.25. The third-order valence-corrected chi connectivity index (χ3v) is 2.43. The van der Waals surface area contributed by atoms with Gasteiger partial charge in [0.15, 0.2) is 5.78 Å². The Hall–Kier alpha value is -1.15. The predicted octanol–water partition coefficient (Wildman–Crippen LogP) is 2.95. The molecule has 0 spiro atoms. The van der Waals surface area contributed by atoms with Gasteiger partial charge < -0.3 is 5.73 Å². The largest absolute Gasteiger partial charge is 0.325 e. The number of carbonyl (C=O) groups is 1. The molecule has 0 atom stereocenters. The molecule has 2 heteroatoms. The molecule has 0 saturated carbocycles. The fourth-order valence-electron chi connectivity index (χ4n) is 1.66. The summed E-state index contributed by atoms with van der Waals surface area (Å²) in [7, 11) is 0. The molecule has 1 rings (SSSR count). The lowest BCUT2D eigenvalue weighted by molar-refractivity contribution is 0.0960. The standard InChI is InChI=1S/C14H21NO/c1-4-5-11-6-8-12(9-7-11)13(16)10-14(2,3)15/h6-9H,4-5,10,15H2,1-3H3. The number of ketones is 1. The normalized spacial score (nSPS) is 11.5. The van der Waals surface area contributed by atoms with Gasteiger partial charge in [0.1, 0.15) is 0 Å². The highest BCUT2D eigenvalue weighted by atomic mass is 16.1. The first-order chi connectivity index (χ1) is 7.42. The molecule has 0 fully saturated rings. The van der Waals surface area contributed by atoms with Crippen molar-refractivity contribution >= 4 is 5.78 Å². The molecule has 16 heavy (non-hydrogen) atoms. The molecule has 0 heterocycles. The molecule has 2 N–H and O–H groups in total. The Bertz CT molecular complexity index is 346. The zero-order chi connectivity index (χ0) is 12.2. The Morgan fingerprint density at radius 2 is 1.81 bits per heavy atom. The summed E-state index contributed by atoms with van der Waals surface area (Å²) < 4.78 is 0. The molecule has 0 saturated heterocycles. The van der Waals surface area contributed by atoms with Gasteiger partial charge in [-0.05, 0) is 25.8 Å². The van der Waals surface area contributed by atoms with Gasteiger partial charge in [-0.25, -0.2) is 0 Å². The van der Waals surface area contributed by atoms with E-state index in [4.69, 9.17) is 5.73 Å². The molecular formula is C14H21NO. The van der Waals surface area contributed by atoms with Gasteiger partial charge in [0, 0.05) is 17.5 Å². The molecule has 2 nitrogen and oxygen atoms in total. The van der Waals surface area contributed by atoms with E-state index in [0.717, 1.165) is 18.4 Å². The van der Waals surface area contributed by atoms with Crippen LogP contribution < -0.4 is 5.73 Å². The molecule has 0 amide bonds. The summed E-state index contributed by atoms with van der Waals surface area (Å²) in [5.41, 5.74) is 7.44. The number of benzene rings is 1. The van der Waals surface area contributed by atoms with Crippen LogP contribution in [0.2, 0.25) is 0 Å². The van der Waals surface area contributed by atoms with Crippen molar-refractivity contribution in [3.8, 4) is 0 Å². The van der Waals surface area contributed by atoms with Crippen LogP contribution in [0.15, 0.2) is 24.3 Å². The Morgan fingerprint density at radius 1 is 1.25 bits per heavy atom. The van der Waals surface area contributed by atoms with Gasteiger partial charge in [-0.1, -0.05) is 37.6 Å². The average molecular weight is 219 g/mol. The van der Waals surface area contributed by atoms with Gasteiger partial charge in [0.05, 0.1) is 0 Å². The average Bonchev–Trinajstić information content (AvgIpc) is 2.16. The van der Waals surface area contributed by atoms with E-state index in [1.165, 1.54) is 5.56 Å². The van der Waals surface area contributed by atoms with Gasteiger partial charge >= 0.3 is 0 Å². The summed E-state index contributed by atoms with van der Waals surface area (Å²) in [6.07, 6.45) is 2.58. The molecule has 88 valence electrons. The van der Waals surface area contributed by atoms with E-state index in [9.17, 15) is 4.79 Å². The first kappa shape index (κ1) is 12.9. The van der Waals surface area contributed by atoms with Crippen LogP contribution in [0.5, 0.6) is 0 Å². The van der Waals surface area contributed by atoms with E-state index in [-0.39, 0.29) is 5.78 Å². The lowest BCUT2D eigenvalue weighted by Crippen LogP contribution is -2.34. The second-order valence-corrected chi connectivity index (χ2v) is 5.04. The summed E-state index contributed by atoms with van der Waals surface area (Å²) in [5.74, 6) is 0.121. The number of Topliss-reactive ketones (excluding diaryl/α,β-unsaturated/α-hetero) is 1. The maximum absolute atomic E-state index is 11.8. The third-order valence-electron chi connectivity index (χ3n) is 2.43. The number of rotatable bonds is 5. The van der Waals surface area contributed by atoms with Gasteiger partial charge in [-0.2, -0.15) is 0 Å². The van der Waals surface area contributed by atoms with Crippen LogP contribution in [0, 0.1) is 0 Å². The Labute approximate surface area is 97.9 Å². The zero-order valence-electron chi connectivity index (χ0n) is 10.4. The van der Waals surface area contributed by atoms with Crippen molar-refractivity contribution in [2.24, 2.45) is 5.73 Å². The molecule has 1 aromatic carbocycles. The summed E-state index contributed by atoms with van der Waals surface area (Å²) in [6, 6.07) is 7.86. The molecule has 0 aliphatic carbocycles. The van der Waals surface area contributed by atoms with Crippen molar-refractivity contribution in [1.29, 1.82) is 0 Å². The minimum Gasteiger partial charge on any atom is -0.325 e. The fraction of sp³-hybridized carbons (Fsp3) is 0.500. The lowest BCUT2D eigenvalue weighted by atomic mass is 9.95. The first-order valence-electron chi connectivity index (χ1n) is 5.83. The molecule has 1 aromatic rings. The van der Waals surface area contributed by atoms with Crippen LogP contribution >= 0.6 is 0 Å². The van der Waals surface area contributed by atoms with Crippen molar-refractivity contribution in [3.05, 3.63) is 35.4 Å². The summed E-state index contributed by atoms with van der Waals surface area (Å²) >= 11 is 0. The number of aryl methyl sites for hydroxylation is 1. The topological polar surface area (TPSA) is 43.1 Å². The van der Waals surface area contributed by atoms with E-state index < -0.39 is 5.54 Å². The van der Waals surface area contributed by atoms with Crippen molar-refractivity contribution in [2.45, 2.75) is 45.6 Å². The zero-order valence-corrected chi connectivity index (χ0v) is 10.4. The predicted molar refractivity (Wildman–Crippen MR) is 67.7 cm³/mol. The van der Waals surface area contributed by atoms with Gasteiger partial charge in [0.2, 0.25) is 0 Å². The second kappa shape index (κ2) is 5.26. The monoisotopic (exact) mass is 219 g/mol. The van der Waals surface area contributed by atoms with Crippen molar-refractivity contribution in [3.63, 3.8) is 0 Å². The minimum absolute atomic E-state index is 0.121. The Balaban J connectivity index is 2.70. The van der Waals surface area contributed by atoms with Crippen molar-refractivity contribution < 1.29 is 4.79 Å². The first-order valence-corrected chi connectivity index (χ1v) is 5.83. The smallest absolute Gasteiger partial charge is 0.164 e. The molecule has 0 bridgehead atoms. The van der Waals surface area contributed by atoms with E-state index in [1.54, 1.807) is 0 Å². The maximum atomic E-state index is 11.8. The van der Waals surface area contributed by atoms with Crippen LogP contribution in [-0.4, -0.2) is 11.3 Å². The van der Waals surface area contributed by atoms with Crippen molar-refractivity contribution in [1.82, 2.24) is 0 Å². The highest BCUT2D eigenvalue weighted by Crippen LogP contribution is 2.13. The quantitative estimate of drug-likeness (QED) is 0.774. The number of nitrogens with two attached hydrogens (primary N) is 1. The van der Waals surface area contributed by atoms with Gasteiger partial charge in [-0.15, -0.1) is 0 Å². The van der Waals surface area contributed by atoms with E-state index >= 15 is 0 Å². The summed E-state index contributed by atoms with van der Waals surface area (Å²) in [6.45, 7) is 5.89. The highest BCUT2D eigenvalue weighted by Gasteiger charge is 2.17. The number of carbonyl (C=O) groups excluding carboxylic acids is 1. The molecule has 0 unspecified atom stereocenters. The van der Waals surface area contributed by atoms with Gasteiger partial charge in [0.25, 0.3) is 0 Å². The van der Waals surface area contributed by atoms with E-state index in [0.29, 0.717) is 6.42 Å². The van der Waals surface area contributed by atoms with Crippen molar-refractivity contribution in [2.75, 3.05) is 0 Å². The minimum atomic E-state index is -0.431. The molecule has 0 aliphatic heterocycles. The number of hydrogen-bond acceptors (Lipinski definition) is 2. The summed E-state index contributed by atoms with van der Waals surface area (Å²) in [5, 5.41) is 0. The fourth-order valence-corrected chi connectivity index (χ4v) is 1.66. The van der Waals surface area contributed by atoms with E-state index in [2.05, 4.69) is 6.92 Å². The highest BCUT2D eigenvalue weighted by molar-refractivity contribution is 5.96. The van der Waals surface area contributed by atoms with Crippen LogP contribution in [0.1, 0.15) is 49.5 Å². The van der Waals surface area contributed by atoms with Gasteiger partial charge in [-0.3, -0.25) is 4.79 Å².